The van der Waals surface area contributed by atoms with Crippen LogP contribution >= 0.6 is 22.6 Å². The monoisotopic (exact) mass is 401 g/mol. The molecule has 0 radical (unpaired) electrons. The molecular weight excluding hydrogens is 383 g/mol. The molecule has 1 N–H and O–H groups in total. The average Bonchev–Trinajstić information content (AvgIpc) is 2.46. The molecule has 0 aromatic heterocycles. The molecule has 2 aromatic rings. The zero-order chi connectivity index (χ0) is 15.6. The van der Waals surface area contributed by atoms with Crippen LogP contribution in [0.1, 0.15) is 35.2 Å². The summed E-state index contributed by atoms with van der Waals surface area (Å²) >= 11 is 2.26. The topological polar surface area (TPSA) is 12.0 Å². The SMILES string of the molecule is CCNC(c1ccc(C)c(F)c1F)c1cccc(C)c1I. The fourth-order valence-electron chi connectivity index (χ4n) is 2.37. The normalized spacial score (nSPS) is 12.5. The van der Waals surface area contributed by atoms with Gasteiger partial charge in [0.25, 0.3) is 0 Å². The van der Waals surface area contributed by atoms with Crippen LogP contribution in [-0.2, 0) is 0 Å². The minimum Gasteiger partial charge on any atom is -0.306 e. The lowest BCUT2D eigenvalue weighted by Gasteiger charge is -2.22. The van der Waals surface area contributed by atoms with Crippen LogP contribution in [0.2, 0.25) is 0 Å². The predicted molar refractivity (Wildman–Crippen MR) is 90.5 cm³/mol. The van der Waals surface area contributed by atoms with Crippen LogP contribution in [0.5, 0.6) is 0 Å². The third kappa shape index (κ3) is 3.26. The van der Waals surface area contributed by atoms with Gasteiger partial charge in [-0.1, -0.05) is 37.3 Å². The average molecular weight is 401 g/mol. The third-order valence-electron chi connectivity index (χ3n) is 3.56. The van der Waals surface area contributed by atoms with Crippen molar-refractivity contribution in [1.29, 1.82) is 0 Å². The highest BCUT2D eigenvalue weighted by atomic mass is 127. The van der Waals surface area contributed by atoms with Crippen molar-refractivity contribution in [1.82, 2.24) is 5.32 Å². The molecule has 0 saturated carbocycles. The van der Waals surface area contributed by atoms with Crippen LogP contribution < -0.4 is 5.32 Å². The Balaban J connectivity index is 2.59. The Kier molecular flexibility index (Phi) is 5.32. The van der Waals surface area contributed by atoms with Gasteiger partial charge in [0.15, 0.2) is 11.6 Å². The molecule has 112 valence electrons. The maximum Gasteiger partial charge on any atom is 0.164 e. The lowest BCUT2D eigenvalue weighted by atomic mass is 9.95. The number of hydrogen-bond donors (Lipinski definition) is 1. The summed E-state index contributed by atoms with van der Waals surface area (Å²) in [6, 6.07) is 8.86. The molecule has 1 atom stereocenters. The first kappa shape index (κ1) is 16.4. The van der Waals surface area contributed by atoms with Crippen LogP contribution in [0.25, 0.3) is 0 Å². The number of benzene rings is 2. The van der Waals surface area contributed by atoms with Crippen LogP contribution in [-0.4, -0.2) is 6.54 Å². The van der Waals surface area contributed by atoms with E-state index in [0.717, 1.165) is 14.7 Å². The molecule has 4 heteroatoms. The standard InChI is InChI=1S/C17H18F2IN/c1-4-21-17(13-7-5-6-11(3)16(13)20)12-9-8-10(2)14(18)15(12)19/h5-9,17,21H,4H2,1-3H3. The fraction of sp³-hybridized carbons (Fsp3) is 0.294. The Morgan fingerprint density at radius 2 is 1.71 bits per heavy atom. The number of nitrogens with one attached hydrogen (secondary N) is 1. The zero-order valence-corrected chi connectivity index (χ0v) is 14.5. The van der Waals surface area contributed by atoms with E-state index >= 15 is 0 Å². The molecular formula is C17H18F2IN. The smallest absolute Gasteiger partial charge is 0.164 e. The van der Waals surface area contributed by atoms with Gasteiger partial charge in [-0.05, 0) is 59.7 Å². The van der Waals surface area contributed by atoms with E-state index in [4.69, 9.17) is 0 Å². The van der Waals surface area contributed by atoms with Gasteiger partial charge < -0.3 is 5.32 Å². The minimum absolute atomic E-state index is 0.324. The molecule has 0 aliphatic carbocycles. The maximum atomic E-state index is 14.3. The van der Waals surface area contributed by atoms with E-state index in [-0.39, 0.29) is 6.04 Å². The van der Waals surface area contributed by atoms with E-state index in [2.05, 4.69) is 27.9 Å². The maximum absolute atomic E-state index is 14.3. The van der Waals surface area contributed by atoms with Gasteiger partial charge >= 0.3 is 0 Å². The molecule has 0 fully saturated rings. The summed E-state index contributed by atoms with van der Waals surface area (Å²) in [6.07, 6.45) is 0. The molecule has 2 aromatic carbocycles. The lowest BCUT2D eigenvalue weighted by molar-refractivity contribution is 0.478. The molecule has 0 spiro atoms. The van der Waals surface area contributed by atoms with Crippen molar-refractivity contribution < 1.29 is 8.78 Å². The minimum atomic E-state index is -0.766. The Morgan fingerprint density at radius 1 is 1.00 bits per heavy atom. The van der Waals surface area contributed by atoms with Crippen LogP contribution in [0.3, 0.4) is 0 Å². The second-order valence-corrected chi connectivity index (χ2v) is 6.15. The van der Waals surface area contributed by atoms with Gasteiger partial charge in [-0.2, -0.15) is 0 Å². The Labute approximate surface area is 137 Å². The molecule has 0 aliphatic heterocycles. The molecule has 1 unspecified atom stereocenters. The van der Waals surface area contributed by atoms with Gasteiger partial charge in [-0.3, -0.25) is 0 Å². The summed E-state index contributed by atoms with van der Waals surface area (Å²) in [4.78, 5) is 0. The van der Waals surface area contributed by atoms with Gasteiger partial charge in [0, 0.05) is 9.13 Å². The molecule has 0 amide bonds. The van der Waals surface area contributed by atoms with E-state index in [9.17, 15) is 8.78 Å². The quantitative estimate of drug-likeness (QED) is 0.720. The summed E-state index contributed by atoms with van der Waals surface area (Å²) in [6.45, 7) is 6.21. The Morgan fingerprint density at radius 3 is 2.38 bits per heavy atom. The van der Waals surface area contributed by atoms with Crippen LogP contribution in [0.15, 0.2) is 30.3 Å². The molecule has 0 aliphatic rings. The fourth-order valence-corrected chi connectivity index (χ4v) is 3.04. The van der Waals surface area contributed by atoms with Crippen molar-refractivity contribution in [3.05, 3.63) is 67.8 Å². The summed E-state index contributed by atoms with van der Waals surface area (Å²) in [5.74, 6) is -1.53. The summed E-state index contributed by atoms with van der Waals surface area (Å²) in [5.41, 5.74) is 2.78. The van der Waals surface area contributed by atoms with Crippen molar-refractivity contribution in [3.8, 4) is 0 Å². The largest absolute Gasteiger partial charge is 0.306 e. The van der Waals surface area contributed by atoms with Gasteiger partial charge in [-0.25, -0.2) is 8.78 Å². The van der Waals surface area contributed by atoms with Crippen molar-refractivity contribution in [3.63, 3.8) is 0 Å². The molecule has 0 heterocycles. The van der Waals surface area contributed by atoms with E-state index in [1.165, 1.54) is 0 Å². The number of hydrogen-bond acceptors (Lipinski definition) is 1. The highest BCUT2D eigenvalue weighted by Gasteiger charge is 2.22. The van der Waals surface area contributed by atoms with Gasteiger partial charge in [0.05, 0.1) is 6.04 Å². The summed E-state index contributed by atoms with van der Waals surface area (Å²) < 4.78 is 29.3. The summed E-state index contributed by atoms with van der Waals surface area (Å²) in [5, 5.41) is 3.26. The Hall–Kier alpha value is -1.01. The molecule has 0 saturated heterocycles. The van der Waals surface area contributed by atoms with E-state index in [1.54, 1.807) is 19.1 Å². The Bertz CT molecular complexity index is 655. The number of rotatable bonds is 4. The predicted octanol–water partition coefficient (Wildman–Crippen LogP) is 4.89. The highest BCUT2D eigenvalue weighted by Crippen LogP contribution is 2.31. The first-order chi connectivity index (χ1) is 9.97. The van der Waals surface area contributed by atoms with E-state index < -0.39 is 11.6 Å². The van der Waals surface area contributed by atoms with E-state index in [0.29, 0.717) is 17.7 Å². The first-order valence-corrected chi connectivity index (χ1v) is 7.98. The van der Waals surface area contributed by atoms with Crippen LogP contribution in [0.4, 0.5) is 8.78 Å². The third-order valence-corrected chi connectivity index (χ3v) is 5.03. The van der Waals surface area contributed by atoms with Crippen molar-refractivity contribution >= 4 is 22.6 Å². The van der Waals surface area contributed by atoms with Crippen LogP contribution in [0, 0.1) is 29.1 Å². The van der Waals surface area contributed by atoms with E-state index in [1.807, 2.05) is 32.0 Å². The molecule has 21 heavy (non-hydrogen) atoms. The van der Waals surface area contributed by atoms with Crippen molar-refractivity contribution in [2.75, 3.05) is 6.54 Å². The van der Waals surface area contributed by atoms with Crippen molar-refractivity contribution in [2.24, 2.45) is 0 Å². The van der Waals surface area contributed by atoms with Gasteiger partial charge in [0.1, 0.15) is 0 Å². The summed E-state index contributed by atoms with van der Waals surface area (Å²) in [7, 11) is 0. The van der Waals surface area contributed by atoms with Gasteiger partial charge in [-0.15, -0.1) is 0 Å². The van der Waals surface area contributed by atoms with Gasteiger partial charge in [0.2, 0.25) is 0 Å². The highest BCUT2D eigenvalue weighted by molar-refractivity contribution is 14.1. The molecule has 1 nitrogen and oxygen atoms in total. The number of halogens is 3. The lowest BCUT2D eigenvalue weighted by Crippen LogP contribution is -2.24. The van der Waals surface area contributed by atoms with Crippen molar-refractivity contribution in [2.45, 2.75) is 26.8 Å². The second kappa shape index (κ2) is 6.83. The first-order valence-electron chi connectivity index (χ1n) is 6.90. The molecule has 2 rings (SSSR count). The number of aryl methyl sites for hydroxylation is 2. The molecule has 0 bridgehead atoms. The zero-order valence-electron chi connectivity index (χ0n) is 12.3. The second-order valence-electron chi connectivity index (χ2n) is 5.07.